The fourth-order valence-electron chi connectivity index (χ4n) is 1.07. The summed E-state index contributed by atoms with van der Waals surface area (Å²) in [5.41, 5.74) is 1.06. The van der Waals surface area contributed by atoms with Gasteiger partial charge in [0.15, 0.2) is 5.76 Å². The van der Waals surface area contributed by atoms with Crippen LogP contribution in [0.3, 0.4) is 0 Å². The maximum absolute atomic E-state index is 5.00. The Balaban J connectivity index is 0.000000442. The van der Waals surface area contributed by atoms with E-state index in [0.29, 0.717) is 5.92 Å². The van der Waals surface area contributed by atoms with Gasteiger partial charge in [0, 0.05) is 5.56 Å². The van der Waals surface area contributed by atoms with Crippen molar-refractivity contribution in [2.75, 3.05) is 0 Å². The highest BCUT2D eigenvalue weighted by molar-refractivity contribution is 5.63. The van der Waals surface area contributed by atoms with Crippen molar-refractivity contribution in [3.63, 3.8) is 0 Å². The summed E-state index contributed by atoms with van der Waals surface area (Å²) in [5.74, 6) is 1.34. The standard InChI is InChI=1S/C9H9NO.2C2H6/c1-7-2-4-8-6-10-11-9(8)5-3-7;2*1-2/h2-7H,1H3;2*1-2H3. The number of aromatic nitrogens is 1. The van der Waals surface area contributed by atoms with Crippen molar-refractivity contribution in [3.05, 3.63) is 29.7 Å². The van der Waals surface area contributed by atoms with E-state index >= 15 is 0 Å². The fourth-order valence-corrected chi connectivity index (χ4v) is 1.07. The number of nitrogens with zero attached hydrogens (tertiary/aromatic N) is 1. The first-order chi connectivity index (χ1) is 7.36. The van der Waals surface area contributed by atoms with E-state index in [2.05, 4.69) is 24.2 Å². The highest BCUT2D eigenvalue weighted by Crippen LogP contribution is 2.18. The Hall–Kier alpha value is -1.31. The number of fused-ring (bicyclic) bond motifs is 1. The molecule has 15 heavy (non-hydrogen) atoms. The second-order valence-corrected chi connectivity index (χ2v) is 2.72. The van der Waals surface area contributed by atoms with Crippen molar-refractivity contribution in [2.24, 2.45) is 5.92 Å². The molecule has 2 heteroatoms. The topological polar surface area (TPSA) is 26.0 Å². The van der Waals surface area contributed by atoms with Gasteiger partial charge in [-0.05, 0) is 12.0 Å². The number of hydrogen-bond acceptors (Lipinski definition) is 2. The summed E-state index contributed by atoms with van der Waals surface area (Å²) in [6.07, 6.45) is 9.95. The van der Waals surface area contributed by atoms with Gasteiger partial charge >= 0.3 is 0 Å². The zero-order valence-corrected chi connectivity index (χ0v) is 10.3. The van der Waals surface area contributed by atoms with E-state index in [-0.39, 0.29) is 0 Å². The molecule has 0 spiro atoms. The molecule has 0 N–H and O–H groups in total. The van der Waals surface area contributed by atoms with Crippen LogP contribution >= 0.6 is 0 Å². The largest absolute Gasteiger partial charge is 0.356 e. The van der Waals surface area contributed by atoms with Gasteiger partial charge in [-0.2, -0.15) is 0 Å². The second-order valence-electron chi connectivity index (χ2n) is 2.72. The molecule has 1 aliphatic rings. The van der Waals surface area contributed by atoms with Gasteiger partial charge in [-0.1, -0.05) is 58.0 Å². The SMILES string of the molecule is CC.CC.CC1C=Cc2cnoc2C=C1. The van der Waals surface area contributed by atoms with Gasteiger partial charge < -0.3 is 4.52 Å². The lowest BCUT2D eigenvalue weighted by Crippen LogP contribution is -1.77. The van der Waals surface area contributed by atoms with Gasteiger partial charge in [0.2, 0.25) is 0 Å². The minimum absolute atomic E-state index is 0.484. The van der Waals surface area contributed by atoms with E-state index in [0.717, 1.165) is 11.3 Å². The van der Waals surface area contributed by atoms with Crippen molar-refractivity contribution in [3.8, 4) is 0 Å². The summed E-state index contributed by atoms with van der Waals surface area (Å²) >= 11 is 0. The number of rotatable bonds is 0. The molecule has 1 aromatic heterocycles. The first-order valence-corrected chi connectivity index (χ1v) is 5.67. The molecule has 2 rings (SSSR count). The highest BCUT2D eigenvalue weighted by Gasteiger charge is 2.04. The molecule has 1 aliphatic carbocycles. The molecule has 0 bridgehead atoms. The zero-order valence-electron chi connectivity index (χ0n) is 10.3. The van der Waals surface area contributed by atoms with Gasteiger partial charge in [0.05, 0.1) is 6.20 Å². The zero-order chi connectivity index (χ0) is 11.7. The summed E-state index contributed by atoms with van der Waals surface area (Å²) in [6, 6.07) is 0. The molecule has 1 heterocycles. The van der Waals surface area contributed by atoms with Crippen LogP contribution in [0.5, 0.6) is 0 Å². The number of hydrogen-bond donors (Lipinski definition) is 0. The van der Waals surface area contributed by atoms with Crippen LogP contribution in [0.1, 0.15) is 45.9 Å². The molecular weight excluding hydrogens is 186 g/mol. The Labute approximate surface area is 92.7 Å². The molecule has 0 aromatic carbocycles. The maximum Gasteiger partial charge on any atom is 0.166 e. The summed E-state index contributed by atoms with van der Waals surface area (Å²) in [5, 5.41) is 3.69. The molecule has 0 saturated heterocycles. The smallest absolute Gasteiger partial charge is 0.166 e. The molecule has 0 fully saturated rings. The van der Waals surface area contributed by atoms with E-state index in [4.69, 9.17) is 4.52 Å². The Morgan fingerprint density at radius 2 is 1.67 bits per heavy atom. The molecule has 0 amide bonds. The van der Waals surface area contributed by atoms with Gasteiger partial charge in [-0.3, -0.25) is 0 Å². The van der Waals surface area contributed by atoms with Crippen LogP contribution in [-0.2, 0) is 0 Å². The van der Waals surface area contributed by atoms with Crippen LogP contribution in [-0.4, -0.2) is 5.16 Å². The van der Waals surface area contributed by atoms with Crippen LogP contribution in [0, 0.1) is 5.92 Å². The van der Waals surface area contributed by atoms with Crippen LogP contribution < -0.4 is 0 Å². The van der Waals surface area contributed by atoms with E-state index in [1.165, 1.54) is 0 Å². The van der Waals surface area contributed by atoms with Crippen LogP contribution in [0.15, 0.2) is 22.9 Å². The van der Waals surface area contributed by atoms with Gasteiger partial charge in [-0.25, -0.2) is 0 Å². The van der Waals surface area contributed by atoms with Crippen LogP contribution in [0.2, 0.25) is 0 Å². The summed E-state index contributed by atoms with van der Waals surface area (Å²) < 4.78 is 5.00. The normalized spacial score (nSPS) is 16.5. The molecule has 0 radical (unpaired) electrons. The van der Waals surface area contributed by atoms with E-state index in [1.807, 2.05) is 39.8 Å². The summed E-state index contributed by atoms with van der Waals surface area (Å²) in [7, 11) is 0. The second kappa shape index (κ2) is 8.04. The minimum atomic E-state index is 0.484. The Kier molecular flexibility index (Phi) is 7.33. The quantitative estimate of drug-likeness (QED) is 0.630. The van der Waals surface area contributed by atoms with Crippen LogP contribution in [0.4, 0.5) is 0 Å². The van der Waals surface area contributed by atoms with E-state index in [9.17, 15) is 0 Å². The van der Waals surface area contributed by atoms with Gasteiger partial charge in [-0.15, -0.1) is 0 Å². The monoisotopic (exact) mass is 207 g/mol. The Morgan fingerprint density at radius 3 is 2.33 bits per heavy atom. The van der Waals surface area contributed by atoms with E-state index in [1.54, 1.807) is 6.20 Å². The predicted molar refractivity (Wildman–Crippen MR) is 66.4 cm³/mol. The molecule has 2 nitrogen and oxygen atoms in total. The third-order valence-electron chi connectivity index (χ3n) is 1.76. The summed E-state index contributed by atoms with van der Waals surface area (Å²) in [6.45, 7) is 10.1. The first kappa shape index (κ1) is 13.7. The Bertz CT molecular complexity index is 282. The third-order valence-corrected chi connectivity index (χ3v) is 1.76. The number of allylic oxidation sites excluding steroid dienone is 2. The average Bonchev–Trinajstić information content (AvgIpc) is 2.70. The van der Waals surface area contributed by atoms with E-state index < -0.39 is 0 Å². The lowest BCUT2D eigenvalue weighted by Gasteiger charge is -1.90. The van der Waals surface area contributed by atoms with Gasteiger partial charge in [0.25, 0.3) is 0 Å². The lowest BCUT2D eigenvalue weighted by molar-refractivity contribution is 0.412. The lowest BCUT2D eigenvalue weighted by atomic mass is 10.2. The average molecular weight is 207 g/mol. The molecule has 1 aromatic rings. The Morgan fingerprint density at radius 1 is 1.07 bits per heavy atom. The van der Waals surface area contributed by atoms with Crippen molar-refractivity contribution < 1.29 is 4.52 Å². The van der Waals surface area contributed by atoms with Crippen LogP contribution in [0.25, 0.3) is 12.2 Å². The van der Waals surface area contributed by atoms with Crippen molar-refractivity contribution >= 4 is 12.2 Å². The fraction of sp³-hybridized carbons (Fsp3) is 0.462. The van der Waals surface area contributed by atoms with Gasteiger partial charge in [0.1, 0.15) is 0 Å². The molecule has 0 saturated carbocycles. The maximum atomic E-state index is 5.00. The molecule has 0 aliphatic heterocycles. The highest BCUT2D eigenvalue weighted by atomic mass is 16.5. The first-order valence-electron chi connectivity index (χ1n) is 5.67. The van der Waals surface area contributed by atoms with Crippen molar-refractivity contribution in [1.82, 2.24) is 5.16 Å². The molecular formula is C13H21NO. The molecule has 1 unspecified atom stereocenters. The van der Waals surface area contributed by atoms with Crippen molar-refractivity contribution in [2.45, 2.75) is 34.6 Å². The third kappa shape index (κ3) is 4.15. The predicted octanol–water partition coefficient (Wildman–Crippen LogP) is 4.40. The molecule has 1 atom stereocenters. The minimum Gasteiger partial charge on any atom is -0.356 e. The molecule has 84 valence electrons. The van der Waals surface area contributed by atoms with Crippen molar-refractivity contribution in [1.29, 1.82) is 0 Å². The summed E-state index contributed by atoms with van der Waals surface area (Å²) in [4.78, 5) is 0.